The van der Waals surface area contributed by atoms with E-state index in [0.717, 1.165) is 44.8 Å². The molecule has 0 saturated carbocycles. The molecule has 3 heteroatoms. The molecule has 7 aromatic carbocycles. The summed E-state index contributed by atoms with van der Waals surface area (Å²) in [7, 11) is 0. The predicted molar refractivity (Wildman–Crippen MR) is 208 cm³/mol. The second-order valence-corrected chi connectivity index (χ2v) is 13.8. The Hall–Kier alpha value is -6.32. The highest BCUT2D eigenvalue weighted by molar-refractivity contribution is 6.12. The summed E-state index contributed by atoms with van der Waals surface area (Å²) in [4.78, 5) is 10.3. The third kappa shape index (κ3) is 4.23. The number of nitrogens with zero attached hydrogens (tertiary/aromatic N) is 3. The molecule has 1 aliphatic carbocycles. The number of para-hydroxylation sites is 2. The van der Waals surface area contributed by atoms with Crippen LogP contribution in [-0.4, -0.2) is 14.5 Å². The van der Waals surface area contributed by atoms with Gasteiger partial charge in [-0.3, -0.25) is 0 Å². The first kappa shape index (κ1) is 28.7. The molecule has 0 radical (unpaired) electrons. The van der Waals surface area contributed by atoms with E-state index in [4.69, 9.17) is 9.97 Å². The quantitative estimate of drug-likeness (QED) is 0.192. The Labute approximate surface area is 291 Å². The lowest BCUT2D eigenvalue weighted by Crippen LogP contribution is -2.14. The summed E-state index contributed by atoms with van der Waals surface area (Å²) in [5, 5.41) is 3.43. The van der Waals surface area contributed by atoms with Gasteiger partial charge in [0.15, 0.2) is 5.82 Å². The summed E-state index contributed by atoms with van der Waals surface area (Å²) in [6, 6.07) is 58.7. The lowest BCUT2D eigenvalue weighted by atomic mass is 9.82. The van der Waals surface area contributed by atoms with E-state index >= 15 is 0 Å². The lowest BCUT2D eigenvalue weighted by Gasteiger charge is -2.21. The molecule has 9 aromatic rings. The molecule has 0 spiro atoms. The van der Waals surface area contributed by atoms with Crippen molar-refractivity contribution >= 4 is 32.7 Å². The average molecular weight is 640 g/mol. The molecular weight excluding hydrogens is 607 g/mol. The van der Waals surface area contributed by atoms with Crippen molar-refractivity contribution < 1.29 is 0 Å². The highest BCUT2D eigenvalue weighted by atomic mass is 15.0. The van der Waals surface area contributed by atoms with E-state index in [0.29, 0.717) is 0 Å². The van der Waals surface area contributed by atoms with Crippen molar-refractivity contribution in [2.75, 3.05) is 0 Å². The summed E-state index contributed by atoms with van der Waals surface area (Å²) < 4.78 is 2.38. The minimum absolute atomic E-state index is 0.0528. The number of hydrogen-bond acceptors (Lipinski definition) is 2. The second-order valence-electron chi connectivity index (χ2n) is 13.8. The van der Waals surface area contributed by atoms with Gasteiger partial charge in [0.2, 0.25) is 0 Å². The van der Waals surface area contributed by atoms with Crippen LogP contribution < -0.4 is 0 Å². The van der Waals surface area contributed by atoms with Gasteiger partial charge in [0.1, 0.15) is 0 Å². The molecule has 0 fully saturated rings. The summed E-state index contributed by atoms with van der Waals surface area (Å²) in [5.41, 5.74) is 15.3. The van der Waals surface area contributed by atoms with Crippen LogP contribution in [0.4, 0.5) is 0 Å². The molecule has 2 heterocycles. The van der Waals surface area contributed by atoms with E-state index in [1.807, 2.05) is 12.1 Å². The van der Waals surface area contributed by atoms with Crippen molar-refractivity contribution in [1.29, 1.82) is 0 Å². The zero-order valence-electron chi connectivity index (χ0n) is 27.9. The smallest absolute Gasteiger partial charge is 0.160 e. The number of hydrogen-bond donors (Lipinski definition) is 0. The molecule has 3 nitrogen and oxygen atoms in total. The zero-order chi connectivity index (χ0) is 33.4. The van der Waals surface area contributed by atoms with Crippen LogP contribution in [0.2, 0.25) is 0 Å². The van der Waals surface area contributed by atoms with E-state index in [1.54, 1.807) is 0 Å². The Morgan fingerprint density at radius 3 is 1.88 bits per heavy atom. The van der Waals surface area contributed by atoms with Crippen LogP contribution in [0.5, 0.6) is 0 Å². The largest absolute Gasteiger partial charge is 0.309 e. The van der Waals surface area contributed by atoms with Crippen molar-refractivity contribution in [2.24, 2.45) is 0 Å². The van der Waals surface area contributed by atoms with Crippen LogP contribution >= 0.6 is 0 Å². The molecule has 10 rings (SSSR count). The lowest BCUT2D eigenvalue weighted by molar-refractivity contribution is 0.660. The Kier molecular flexibility index (Phi) is 6.22. The van der Waals surface area contributed by atoms with Gasteiger partial charge >= 0.3 is 0 Å². The molecule has 0 aliphatic heterocycles. The first-order valence-electron chi connectivity index (χ1n) is 17.3. The van der Waals surface area contributed by atoms with Crippen molar-refractivity contribution in [1.82, 2.24) is 14.5 Å². The topological polar surface area (TPSA) is 30.7 Å². The maximum absolute atomic E-state index is 5.21. The van der Waals surface area contributed by atoms with E-state index in [9.17, 15) is 0 Å². The maximum Gasteiger partial charge on any atom is 0.160 e. The number of aromatic nitrogens is 3. The van der Waals surface area contributed by atoms with Crippen molar-refractivity contribution in [3.8, 4) is 50.6 Å². The van der Waals surface area contributed by atoms with Crippen LogP contribution in [0.25, 0.3) is 83.3 Å². The zero-order valence-corrected chi connectivity index (χ0v) is 27.9. The fourth-order valence-corrected chi connectivity index (χ4v) is 8.20. The molecule has 0 unspecified atom stereocenters. The summed E-state index contributed by atoms with van der Waals surface area (Å²) in [6.07, 6.45) is 0. The van der Waals surface area contributed by atoms with Crippen LogP contribution in [0.1, 0.15) is 25.0 Å². The molecule has 0 bridgehead atoms. The molecular formula is C47H33N3. The fourth-order valence-electron chi connectivity index (χ4n) is 8.20. The molecule has 2 aromatic heterocycles. The Bertz CT molecular complexity index is 2770. The third-order valence-corrected chi connectivity index (χ3v) is 10.6. The van der Waals surface area contributed by atoms with Gasteiger partial charge in [-0.25, -0.2) is 9.97 Å². The third-order valence-electron chi connectivity index (χ3n) is 10.6. The van der Waals surface area contributed by atoms with Crippen LogP contribution in [0, 0.1) is 0 Å². The molecule has 0 N–H and O–H groups in total. The Balaban J connectivity index is 1.22. The standard InChI is InChI=1S/C47H33N3/c1-47(2)39-21-11-9-18-35(39)44-34(20-13-22-40(44)47)31-24-26-42-37(28-31)38-29-32(25-27-43(38)50(42)33-16-7-4-8-17-33)46-48-41-23-12-10-19-36(41)45(49-46)30-14-5-3-6-15-30/h3-29H,1-2H3. The van der Waals surface area contributed by atoms with E-state index < -0.39 is 0 Å². The monoisotopic (exact) mass is 639 g/mol. The summed E-state index contributed by atoms with van der Waals surface area (Å²) in [5.74, 6) is 0.723. The van der Waals surface area contributed by atoms with Gasteiger partial charge in [-0.15, -0.1) is 0 Å². The SMILES string of the molecule is CC1(C)c2ccccc2-c2c(-c3ccc4c(c3)c3cc(-c5nc(-c6ccccc6)c6ccccc6n5)ccc3n4-c3ccccc3)cccc21. The van der Waals surface area contributed by atoms with Crippen molar-refractivity contribution in [3.05, 3.63) is 175 Å². The highest BCUT2D eigenvalue weighted by Crippen LogP contribution is 2.52. The summed E-state index contributed by atoms with van der Waals surface area (Å²) in [6.45, 7) is 4.69. The molecule has 1 aliphatic rings. The molecule has 0 amide bonds. The predicted octanol–water partition coefficient (Wildman–Crippen LogP) is 12.0. The van der Waals surface area contributed by atoms with Gasteiger partial charge in [0, 0.05) is 38.4 Å². The first-order valence-corrected chi connectivity index (χ1v) is 17.3. The van der Waals surface area contributed by atoms with Crippen LogP contribution in [0.3, 0.4) is 0 Å². The molecule has 50 heavy (non-hydrogen) atoms. The van der Waals surface area contributed by atoms with Gasteiger partial charge in [-0.05, 0) is 81.9 Å². The van der Waals surface area contributed by atoms with Gasteiger partial charge in [-0.1, -0.05) is 129 Å². The van der Waals surface area contributed by atoms with Gasteiger partial charge in [0.05, 0.1) is 22.2 Å². The number of rotatable bonds is 4. The first-order chi connectivity index (χ1) is 24.6. The van der Waals surface area contributed by atoms with Gasteiger partial charge in [-0.2, -0.15) is 0 Å². The maximum atomic E-state index is 5.21. The second kappa shape index (κ2) is 10.8. The molecule has 236 valence electrons. The van der Waals surface area contributed by atoms with E-state index in [2.05, 4.69) is 170 Å². The number of benzene rings is 7. The van der Waals surface area contributed by atoms with Crippen molar-refractivity contribution in [2.45, 2.75) is 19.3 Å². The van der Waals surface area contributed by atoms with E-state index in [1.165, 1.54) is 49.7 Å². The van der Waals surface area contributed by atoms with Gasteiger partial charge in [0.25, 0.3) is 0 Å². The minimum Gasteiger partial charge on any atom is -0.309 e. The average Bonchev–Trinajstić information content (AvgIpc) is 3.62. The normalized spacial score (nSPS) is 13.2. The van der Waals surface area contributed by atoms with Crippen molar-refractivity contribution in [3.63, 3.8) is 0 Å². The number of fused-ring (bicyclic) bond motifs is 7. The molecule has 0 atom stereocenters. The fraction of sp³-hybridized carbons (Fsp3) is 0.0638. The molecule has 0 saturated heterocycles. The Morgan fingerprint density at radius 2 is 1.08 bits per heavy atom. The van der Waals surface area contributed by atoms with Crippen LogP contribution in [-0.2, 0) is 5.41 Å². The van der Waals surface area contributed by atoms with Crippen LogP contribution in [0.15, 0.2) is 164 Å². The minimum atomic E-state index is -0.0528. The Morgan fingerprint density at radius 1 is 0.460 bits per heavy atom. The van der Waals surface area contributed by atoms with E-state index in [-0.39, 0.29) is 5.41 Å². The van der Waals surface area contributed by atoms with Gasteiger partial charge < -0.3 is 4.57 Å². The highest BCUT2D eigenvalue weighted by Gasteiger charge is 2.36. The summed E-state index contributed by atoms with van der Waals surface area (Å²) >= 11 is 0.